The maximum atomic E-state index is 13.1. The lowest BCUT2D eigenvalue weighted by atomic mass is 10.0. The number of hydrogen-bond donors (Lipinski definition) is 1. The molecule has 1 aliphatic heterocycles. The Morgan fingerprint density at radius 1 is 1.19 bits per heavy atom. The second kappa shape index (κ2) is 7.81. The molecular weight excluding hydrogens is 392 g/mol. The Bertz CT molecular complexity index is 1120. The summed E-state index contributed by atoms with van der Waals surface area (Å²) in [5.74, 6) is 0.274. The van der Waals surface area contributed by atoms with E-state index in [0.717, 1.165) is 47.2 Å². The van der Waals surface area contributed by atoms with E-state index in [0.29, 0.717) is 24.5 Å². The predicted molar refractivity (Wildman–Crippen MR) is 115 cm³/mol. The van der Waals surface area contributed by atoms with E-state index in [4.69, 9.17) is 4.74 Å². The van der Waals surface area contributed by atoms with Crippen molar-refractivity contribution in [2.75, 3.05) is 0 Å². The second-order valence-electron chi connectivity index (χ2n) is 8.46. The van der Waals surface area contributed by atoms with E-state index < -0.39 is 6.10 Å². The maximum absolute atomic E-state index is 13.1. The Morgan fingerprint density at radius 3 is 2.68 bits per heavy atom. The summed E-state index contributed by atoms with van der Waals surface area (Å²) < 4.78 is 7.78. The van der Waals surface area contributed by atoms with Gasteiger partial charge in [0.2, 0.25) is 5.88 Å². The van der Waals surface area contributed by atoms with Crippen LogP contribution in [-0.2, 0) is 20.1 Å². The van der Waals surface area contributed by atoms with Gasteiger partial charge < -0.3 is 14.7 Å². The van der Waals surface area contributed by atoms with E-state index in [-0.39, 0.29) is 12.0 Å². The number of carbonyl (C=O) groups is 1. The third kappa shape index (κ3) is 3.70. The monoisotopic (exact) mass is 418 g/mol. The molecule has 7 nitrogen and oxygen atoms in total. The number of hydrogen-bond acceptors (Lipinski definition) is 5. The van der Waals surface area contributed by atoms with E-state index in [9.17, 15) is 9.90 Å². The van der Waals surface area contributed by atoms with Gasteiger partial charge in [-0.1, -0.05) is 24.3 Å². The largest absolute Gasteiger partial charge is 0.471 e. The van der Waals surface area contributed by atoms with E-state index >= 15 is 0 Å². The van der Waals surface area contributed by atoms with Crippen LogP contribution < -0.4 is 4.74 Å². The van der Waals surface area contributed by atoms with E-state index in [1.54, 1.807) is 6.20 Å². The minimum Gasteiger partial charge on any atom is -0.471 e. The van der Waals surface area contributed by atoms with Crippen LogP contribution in [0.25, 0.3) is 11.1 Å². The molecule has 0 unspecified atom stereocenters. The summed E-state index contributed by atoms with van der Waals surface area (Å²) in [5.41, 5.74) is 5.73. The molecule has 2 aliphatic rings. The van der Waals surface area contributed by atoms with Gasteiger partial charge in [-0.05, 0) is 48.9 Å². The third-order valence-corrected chi connectivity index (χ3v) is 6.20. The van der Waals surface area contributed by atoms with Gasteiger partial charge in [-0.3, -0.25) is 9.48 Å². The van der Waals surface area contributed by atoms with Crippen LogP contribution in [0, 0.1) is 6.92 Å². The molecule has 0 spiro atoms. The predicted octanol–water partition coefficient (Wildman–Crippen LogP) is 3.24. The number of carbonyl (C=O) groups excluding carboxylic acids is 1. The first-order chi connectivity index (χ1) is 15.0. The number of aliphatic hydroxyl groups excluding tert-OH is 1. The normalized spacial score (nSPS) is 20.4. The molecule has 2 aromatic heterocycles. The van der Waals surface area contributed by atoms with E-state index in [1.807, 2.05) is 35.8 Å². The van der Waals surface area contributed by atoms with Gasteiger partial charge in [-0.2, -0.15) is 5.10 Å². The van der Waals surface area contributed by atoms with Crippen molar-refractivity contribution in [3.63, 3.8) is 0 Å². The molecule has 31 heavy (non-hydrogen) atoms. The zero-order chi connectivity index (χ0) is 21.5. The van der Waals surface area contributed by atoms with Crippen LogP contribution in [0.1, 0.15) is 46.4 Å². The molecule has 3 heterocycles. The van der Waals surface area contributed by atoms with Crippen LogP contribution >= 0.6 is 0 Å². The number of rotatable bonds is 5. The first-order valence-corrected chi connectivity index (χ1v) is 10.7. The summed E-state index contributed by atoms with van der Waals surface area (Å²) in [4.78, 5) is 19.3. The molecular formula is C24H26N4O3. The molecule has 1 aromatic carbocycles. The Morgan fingerprint density at radius 2 is 2.00 bits per heavy atom. The SMILES string of the molecule is Cc1nn(C)cc1-c1ccc(CN2Cc3ccnc(O[C@H]4CCC[C@@H]4O)c3C2=O)cc1. The molecule has 7 heteroatoms. The average molecular weight is 418 g/mol. The lowest BCUT2D eigenvalue weighted by molar-refractivity contribution is 0.0553. The zero-order valence-electron chi connectivity index (χ0n) is 17.8. The van der Waals surface area contributed by atoms with Crippen molar-refractivity contribution in [2.24, 2.45) is 7.05 Å². The van der Waals surface area contributed by atoms with Gasteiger partial charge in [-0.25, -0.2) is 4.98 Å². The molecule has 1 amide bonds. The fourth-order valence-corrected chi connectivity index (χ4v) is 4.57. The molecule has 160 valence electrons. The summed E-state index contributed by atoms with van der Waals surface area (Å²) >= 11 is 0. The van der Waals surface area contributed by atoms with Crippen LogP contribution in [0.3, 0.4) is 0 Å². The first-order valence-electron chi connectivity index (χ1n) is 10.7. The van der Waals surface area contributed by atoms with Crippen molar-refractivity contribution >= 4 is 5.91 Å². The van der Waals surface area contributed by atoms with Gasteiger partial charge in [0, 0.05) is 38.1 Å². The van der Waals surface area contributed by atoms with Gasteiger partial charge >= 0.3 is 0 Å². The molecule has 0 saturated heterocycles. The van der Waals surface area contributed by atoms with Gasteiger partial charge in [0.05, 0.1) is 11.8 Å². The van der Waals surface area contributed by atoms with Crippen LogP contribution in [0.15, 0.2) is 42.7 Å². The molecule has 3 aromatic rings. The van der Waals surface area contributed by atoms with Crippen LogP contribution in [0.4, 0.5) is 0 Å². The van der Waals surface area contributed by atoms with Crippen LogP contribution in [-0.4, -0.2) is 42.9 Å². The average Bonchev–Trinajstić information content (AvgIpc) is 3.41. The number of nitrogens with zero attached hydrogens (tertiary/aromatic N) is 4. The Hall–Kier alpha value is -3.19. The van der Waals surface area contributed by atoms with Crippen molar-refractivity contribution in [3.8, 4) is 17.0 Å². The fourth-order valence-electron chi connectivity index (χ4n) is 4.57. The second-order valence-corrected chi connectivity index (χ2v) is 8.46. The topological polar surface area (TPSA) is 80.5 Å². The molecule has 0 radical (unpaired) electrons. The lowest BCUT2D eigenvalue weighted by Gasteiger charge is -2.18. The number of benzene rings is 1. The first kappa shape index (κ1) is 19.8. The number of amides is 1. The molecule has 1 fully saturated rings. The summed E-state index contributed by atoms with van der Waals surface area (Å²) in [6, 6.07) is 10.1. The Balaban J connectivity index is 1.32. The number of fused-ring (bicyclic) bond motifs is 1. The molecule has 1 saturated carbocycles. The van der Waals surface area contributed by atoms with Gasteiger partial charge in [0.25, 0.3) is 5.91 Å². The summed E-state index contributed by atoms with van der Waals surface area (Å²) in [6.45, 7) is 3.05. The van der Waals surface area contributed by atoms with Crippen molar-refractivity contribution in [1.82, 2.24) is 19.7 Å². The number of aliphatic hydroxyl groups is 1. The highest BCUT2D eigenvalue weighted by Gasteiger charge is 2.34. The quantitative estimate of drug-likeness (QED) is 0.688. The molecule has 1 N–H and O–H groups in total. The molecule has 1 aliphatic carbocycles. The molecule has 2 atom stereocenters. The summed E-state index contributed by atoms with van der Waals surface area (Å²) in [6.07, 6.45) is 5.35. The highest BCUT2D eigenvalue weighted by Crippen LogP contribution is 2.33. The lowest BCUT2D eigenvalue weighted by Crippen LogP contribution is -2.27. The van der Waals surface area contributed by atoms with Crippen molar-refractivity contribution in [2.45, 2.75) is 51.5 Å². The fraction of sp³-hybridized carbons (Fsp3) is 0.375. The van der Waals surface area contributed by atoms with Crippen molar-refractivity contribution < 1.29 is 14.6 Å². The van der Waals surface area contributed by atoms with E-state index in [1.165, 1.54) is 0 Å². The van der Waals surface area contributed by atoms with Gasteiger partial charge in [0.15, 0.2) is 0 Å². The van der Waals surface area contributed by atoms with Gasteiger partial charge in [-0.15, -0.1) is 0 Å². The smallest absolute Gasteiger partial charge is 0.260 e. The zero-order valence-corrected chi connectivity index (χ0v) is 17.8. The highest BCUT2D eigenvalue weighted by atomic mass is 16.5. The number of aryl methyl sites for hydroxylation is 2. The maximum Gasteiger partial charge on any atom is 0.260 e. The molecule has 0 bridgehead atoms. The Labute approximate surface area is 181 Å². The number of pyridine rings is 1. The minimum absolute atomic E-state index is 0.0715. The number of aromatic nitrogens is 3. The van der Waals surface area contributed by atoms with Crippen molar-refractivity contribution in [1.29, 1.82) is 0 Å². The van der Waals surface area contributed by atoms with Crippen LogP contribution in [0.2, 0.25) is 0 Å². The summed E-state index contributed by atoms with van der Waals surface area (Å²) in [7, 11) is 1.92. The number of ether oxygens (including phenoxy) is 1. The Kier molecular flexibility index (Phi) is 4.98. The standard InChI is InChI=1S/C24H26N4O3/c1-15-19(14-27(2)26-15)17-8-6-16(7-9-17)12-28-13-18-10-11-25-23(22(18)24(28)30)31-21-5-3-4-20(21)29/h6-11,14,20-21,29H,3-5,12-13H2,1-2H3/t20-,21-/m0/s1. The summed E-state index contributed by atoms with van der Waals surface area (Å²) in [5, 5.41) is 14.5. The minimum atomic E-state index is -0.493. The van der Waals surface area contributed by atoms with Crippen LogP contribution in [0.5, 0.6) is 5.88 Å². The van der Waals surface area contributed by atoms with E-state index in [2.05, 4.69) is 34.3 Å². The molecule has 5 rings (SSSR count). The third-order valence-electron chi connectivity index (χ3n) is 6.20. The highest BCUT2D eigenvalue weighted by molar-refractivity contribution is 6.00. The van der Waals surface area contributed by atoms with Gasteiger partial charge in [0.1, 0.15) is 11.7 Å². The van der Waals surface area contributed by atoms with Crippen molar-refractivity contribution in [3.05, 3.63) is 65.1 Å².